The molecule has 2 N–H and O–H groups in total. The van der Waals surface area contributed by atoms with Crippen molar-refractivity contribution in [2.75, 3.05) is 18.0 Å². The first kappa shape index (κ1) is 17.2. The largest absolute Gasteiger partial charge is 0.388 e. The number of benzene rings is 2. The van der Waals surface area contributed by atoms with E-state index in [0.29, 0.717) is 12.1 Å². The van der Waals surface area contributed by atoms with Gasteiger partial charge in [0.15, 0.2) is 0 Å². The van der Waals surface area contributed by atoms with Crippen LogP contribution in [-0.2, 0) is 11.3 Å². The molecule has 1 atom stereocenters. The highest BCUT2D eigenvalue weighted by molar-refractivity contribution is 5.76. The van der Waals surface area contributed by atoms with E-state index in [1.807, 2.05) is 18.2 Å². The Labute approximate surface area is 146 Å². The summed E-state index contributed by atoms with van der Waals surface area (Å²) in [5.41, 5.74) is 2.52. The van der Waals surface area contributed by atoms with Gasteiger partial charge in [-0.2, -0.15) is 0 Å². The normalized spacial score (nSPS) is 14.6. The van der Waals surface area contributed by atoms with Crippen molar-refractivity contribution in [1.82, 2.24) is 5.32 Å². The molecule has 4 nitrogen and oxygen atoms in total. The first-order valence-electron chi connectivity index (χ1n) is 8.31. The zero-order valence-electron chi connectivity index (χ0n) is 13.9. The van der Waals surface area contributed by atoms with Crippen LogP contribution in [0, 0.1) is 5.82 Å². The van der Waals surface area contributed by atoms with E-state index >= 15 is 0 Å². The second-order valence-corrected chi connectivity index (χ2v) is 6.10. The fraction of sp³-hybridized carbons (Fsp3) is 0.250. The van der Waals surface area contributed by atoms with E-state index in [9.17, 15) is 14.3 Å². The van der Waals surface area contributed by atoms with Crippen LogP contribution < -0.4 is 10.2 Å². The van der Waals surface area contributed by atoms with Crippen molar-refractivity contribution in [2.24, 2.45) is 0 Å². The topological polar surface area (TPSA) is 52.6 Å². The lowest BCUT2D eigenvalue weighted by atomic mass is 10.1. The van der Waals surface area contributed by atoms with Crippen LogP contribution in [0.2, 0.25) is 0 Å². The SMILES string of the molecule is O=C(CC(O)c1cccc(F)c1)NCc1cccc(N2CC=CC2)c1. The maximum atomic E-state index is 13.2. The smallest absolute Gasteiger partial charge is 0.223 e. The number of aliphatic hydroxyl groups is 1. The fourth-order valence-electron chi connectivity index (χ4n) is 2.83. The Morgan fingerprint density at radius 3 is 2.68 bits per heavy atom. The van der Waals surface area contributed by atoms with Gasteiger partial charge in [0.1, 0.15) is 5.82 Å². The molecule has 2 aromatic carbocycles. The van der Waals surface area contributed by atoms with E-state index < -0.39 is 11.9 Å². The third-order valence-electron chi connectivity index (χ3n) is 4.20. The molecule has 0 bridgehead atoms. The van der Waals surface area contributed by atoms with Crippen LogP contribution in [0.1, 0.15) is 23.7 Å². The molecule has 0 spiro atoms. The van der Waals surface area contributed by atoms with Gasteiger partial charge in [0.05, 0.1) is 12.5 Å². The third kappa shape index (κ3) is 4.67. The summed E-state index contributed by atoms with van der Waals surface area (Å²) >= 11 is 0. The standard InChI is InChI=1S/C20H21FN2O2/c21-17-7-4-6-16(12-17)19(24)13-20(25)22-14-15-5-3-8-18(11-15)23-9-1-2-10-23/h1-8,11-12,19,24H,9-10,13-14H2,(H,22,25). The molecule has 130 valence electrons. The number of aliphatic hydroxyl groups excluding tert-OH is 1. The van der Waals surface area contributed by atoms with Gasteiger partial charge in [-0.1, -0.05) is 36.4 Å². The molecule has 0 saturated carbocycles. The third-order valence-corrected chi connectivity index (χ3v) is 4.20. The van der Waals surface area contributed by atoms with E-state index in [2.05, 4.69) is 28.4 Å². The summed E-state index contributed by atoms with van der Waals surface area (Å²) < 4.78 is 13.2. The van der Waals surface area contributed by atoms with Crippen molar-refractivity contribution in [3.8, 4) is 0 Å². The van der Waals surface area contributed by atoms with Gasteiger partial charge in [0.25, 0.3) is 0 Å². The zero-order valence-corrected chi connectivity index (χ0v) is 13.9. The van der Waals surface area contributed by atoms with Gasteiger partial charge in [0.2, 0.25) is 5.91 Å². The minimum atomic E-state index is -1.02. The number of hydrogen-bond acceptors (Lipinski definition) is 3. The first-order valence-corrected chi connectivity index (χ1v) is 8.31. The molecular formula is C20H21FN2O2. The van der Waals surface area contributed by atoms with Crippen LogP contribution in [0.4, 0.5) is 10.1 Å². The summed E-state index contributed by atoms with van der Waals surface area (Å²) in [5, 5.41) is 12.9. The number of nitrogens with one attached hydrogen (secondary N) is 1. The van der Waals surface area contributed by atoms with Crippen molar-refractivity contribution in [2.45, 2.75) is 19.1 Å². The van der Waals surface area contributed by atoms with E-state index in [1.165, 1.54) is 18.2 Å². The van der Waals surface area contributed by atoms with Gasteiger partial charge >= 0.3 is 0 Å². The Kier molecular flexibility index (Phi) is 5.46. The maximum Gasteiger partial charge on any atom is 0.223 e. The minimum absolute atomic E-state index is 0.0980. The van der Waals surface area contributed by atoms with Crippen LogP contribution in [-0.4, -0.2) is 24.1 Å². The van der Waals surface area contributed by atoms with Crippen molar-refractivity contribution in [1.29, 1.82) is 0 Å². The Morgan fingerprint density at radius 1 is 1.16 bits per heavy atom. The molecule has 2 aromatic rings. The van der Waals surface area contributed by atoms with Gasteiger partial charge in [-0.15, -0.1) is 0 Å². The summed E-state index contributed by atoms with van der Waals surface area (Å²) in [6.45, 7) is 2.19. The van der Waals surface area contributed by atoms with Crippen LogP contribution in [0.15, 0.2) is 60.7 Å². The summed E-state index contributed by atoms with van der Waals surface area (Å²) in [6, 6.07) is 13.7. The molecule has 3 rings (SSSR count). The maximum absolute atomic E-state index is 13.2. The van der Waals surface area contributed by atoms with Crippen molar-refractivity contribution in [3.05, 3.63) is 77.6 Å². The summed E-state index contributed by atoms with van der Waals surface area (Å²) in [5.74, 6) is -0.699. The van der Waals surface area contributed by atoms with Crippen LogP contribution in [0.3, 0.4) is 0 Å². The second kappa shape index (κ2) is 7.94. The Morgan fingerprint density at radius 2 is 1.92 bits per heavy atom. The highest BCUT2D eigenvalue weighted by Gasteiger charge is 2.14. The number of carbonyl (C=O) groups is 1. The number of amides is 1. The lowest BCUT2D eigenvalue weighted by Gasteiger charge is -2.18. The highest BCUT2D eigenvalue weighted by Crippen LogP contribution is 2.19. The van der Waals surface area contributed by atoms with E-state index in [4.69, 9.17) is 0 Å². The predicted octanol–water partition coefficient (Wildman–Crippen LogP) is 2.94. The molecule has 25 heavy (non-hydrogen) atoms. The van der Waals surface area contributed by atoms with Gasteiger partial charge in [-0.25, -0.2) is 4.39 Å². The number of nitrogens with zero attached hydrogens (tertiary/aromatic N) is 1. The lowest BCUT2D eigenvalue weighted by Crippen LogP contribution is -2.25. The molecule has 0 aromatic heterocycles. The van der Waals surface area contributed by atoms with E-state index in [1.54, 1.807) is 6.07 Å². The fourth-order valence-corrected chi connectivity index (χ4v) is 2.83. The van der Waals surface area contributed by atoms with Crippen LogP contribution in [0.25, 0.3) is 0 Å². The molecule has 1 aliphatic heterocycles. The van der Waals surface area contributed by atoms with Gasteiger partial charge in [-0.3, -0.25) is 4.79 Å². The van der Waals surface area contributed by atoms with Crippen LogP contribution >= 0.6 is 0 Å². The summed E-state index contributed by atoms with van der Waals surface area (Å²) in [4.78, 5) is 14.3. The summed E-state index contributed by atoms with van der Waals surface area (Å²) in [6.07, 6.45) is 3.14. The molecule has 1 heterocycles. The number of carbonyl (C=O) groups excluding carboxylic acids is 1. The zero-order chi connectivity index (χ0) is 17.6. The lowest BCUT2D eigenvalue weighted by molar-refractivity contribution is -0.123. The Bertz CT molecular complexity index is 768. The van der Waals surface area contributed by atoms with Gasteiger partial charge in [0, 0.05) is 25.3 Å². The summed E-state index contributed by atoms with van der Waals surface area (Å²) in [7, 11) is 0. The Balaban J connectivity index is 1.53. The monoisotopic (exact) mass is 340 g/mol. The average molecular weight is 340 g/mol. The number of rotatable bonds is 6. The van der Waals surface area contributed by atoms with Crippen LogP contribution in [0.5, 0.6) is 0 Å². The van der Waals surface area contributed by atoms with Gasteiger partial charge in [-0.05, 0) is 35.4 Å². The second-order valence-electron chi connectivity index (χ2n) is 6.10. The molecule has 5 heteroatoms. The number of hydrogen-bond donors (Lipinski definition) is 2. The van der Waals surface area contributed by atoms with Crippen molar-refractivity contribution < 1.29 is 14.3 Å². The minimum Gasteiger partial charge on any atom is -0.388 e. The molecule has 0 radical (unpaired) electrons. The van der Waals surface area contributed by atoms with E-state index in [0.717, 1.165) is 24.3 Å². The van der Waals surface area contributed by atoms with Crippen molar-refractivity contribution in [3.63, 3.8) is 0 Å². The molecule has 1 amide bonds. The first-order chi connectivity index (χ1) is 12.1. The molecule has 0 aliphatic carbocycles. The molecule has 0 saturated heterocycles. The predicted molar refractivity (Wildman–Crippen MR) is 95.6 cm³/mol. The number of anilines is 1. The quantitative estimate of drug-likeness (QED) is 0.795. The average Bonchev–Trinajstić information content (AvgIpc) is 3.15. The highest BCUT2D eigenvalue weighted by atomic mass is 19.1. The molecular weight excluding hydrogens is 319 g/mol. The van der Waals surface area contributed by atoms with Crippen molar-refractivity contribution >= 4 is 11.6 Å². The van der Waals surface area contributed by atoms with E-state index in [-0.39, 0.29) is 12.3 Å². The molecule has 1 aliphatic rings. The molecule has 1 unspecified atom stereocenters. The molecule has 0 fully saturated rings. The number of halogens is 1. The Hall–Kier alpha value is -2.66. The van der Waals surface area contributed by atoms with Gasteiger partial charge < -0.3 is 15.3 Å².